The Morgan fingerprint density at radius 1 is 1.24 bits per heavy atom. The van der Waals surface area contributed by atoms with Gasteiger partial charge in [0.2, 0.25) is 5.91 Å². The summed E-state index contributed by atoms with van der Waals surface area (Å²) in [6, 6.07) is 7.37. The molecule has 2 rings (SSSR count). The van der Waals surface area contributed by atoms with Gasteiger partial charge >= 0.3 is 0 Å². The fourth-order valence-corrected chi connectivity index (χ4v) is 2.29. The second kappa shape index (κ2) is 9.38. The fraction of sp³-hybridized carbons (Fsp3) is 0.368. The summed E-state index contributed by atoms with van der Waals surface area (Å²) in [4.78, 5) is 11.8. The highest BCUT2D eigenvalue weighted by Crippen LogP contribution is 2.25. The van der Waals surface area contributed by atoms with Gasteiger partial charge in [-0.2, -0.15) is 0 Å². The third-order valence-corrected chi connectivity index (χ3v) is 3.65. The second-order valence-corrected chi connectivity index (χ2v) is 5.37. The first-order valence-electron chi connectivity index (χ1n) is 8.01. The van der Waals surface area contributed by atoms with Crippen LogP contribution in [0.1, 0.15) is 23.4 Å². The maximum absolute atomic E-state index is 11.8. The average molecular weight is 342 g/mol. The molecule has 1 aromatic heterocycles. The molecule has 1 aromatic carbocycles. The highest BCUT2D eigenvalue weighted by atomic mass is 16.5. The Morgan fingerprint density at radius 3 is 2.68 bits per heavy atom. The Morgan fingerprint density at radius 2 is 2.00 bits per heavy atom. The van der Waals surface area contributed by atoms with Crippen molar-refractivity contribution in [1.82, 2.24) is 10.5 Å². The first-order valence-corrected chi connectivity index (χ1v) is 8.01. The molecule has 0 spiro atoms. The lowest BCUT2D eigenvalue weighted by Gasteiger charge is -2.07. The summed E-state index contributed by atoms with van der Waals surface area (Å²) in [6.45, 7) is 4.24. The molecule has 0 unspecified atom stereocenters. The molecule has 0 saturated carbocycles. The number of aromatic nitrogens is 1. The summed E-state index contributed by atoms with van der Waals surface area (Å²) in [6.07, 6.45) is 0.986. The maximum atomic E-state index is 11.8. The molecular weight excluding hydrogens is 320 g/mol. The first kappa shape index (κ1) is 18.4. The monoisotopic (exact) mass is 342 g/mol. The topological polar surface area (TPSA) is 73.6 Å². The van der Waals surface area contributed by atoms with Crippen LogP contribution in [0.4, 0.5) is 0 Å². The van der Waals surface area contributed by atoms with Gasteiger partial charge in [-0.1, -0.05) is 29.1 Å². The van der Waals surface area contributed by atoms with E-state index in [1.165, 1.54) is 0 Å². The summed E-state index contributed by atoms with van der Waals surface area (Å²) < 4.78 is 15.8. The van der Waals surface area contributed by atoms with Crippen LogP contribution >= 0.6 is 0 Å². The van der Waals surface area contributed by atoms with Gasteiger partial charge in [0.25, 0.3) is 0 Å². The Bertz CT molecular complexity index is 752. The molecule has 0 aliphatic heterocycles. The van der Waals surface area contributed by atoms with Gasteiger partial charge in [0.15, 0.2) is 11.5 Å². The Labute approximate surface area is 147 Å². The van der Waals surface area contributed by atoms with Crippen molar-refractivity contribution in [2.24, 2.45) is 0 Å². The number of aryl methyl sites for hydroxylation is 2. The lowest BCUT2D eigenvalue weighted by molar-refractivity contribution is -0.120. The van der Waals surface area contributed by atoms with E-state index in [-0.39, 0.29) is 19.1 Å². The number of hydrogen-bond donors (Lipinski definition) is 1. The summed E-state index contributed by atoms with van der Waals surface area (Å²) >= 11 is 0. The molecule has 0 aliphatic rings. The lowest BCUT2D eigenvalue weighted by Crippen LogP contribution is -2.24. The Balaban J connectivity index is 1.67. The summed E-state index contributed by atoms with van der Waals surface area (Å²) in [5, 5.41) is 6.64. The van der Waals surface area contributed by atoms with Crippen molar-refractivity contribution in [2.45, 2.75) is 26.7 Å². The van der Waals surface area contributed by atoms with Gasteiger partial charge in [-0.25, -0.2) is 0 Å². The highest BCUT2D eigenvalue weighted by Gasteiger charge is 2.10. The van der Waals surface area contributed by atoms with E-state index in [0.717, 1.165) is 17.0 Å². The van der Waals surface area contributed by atoms with Crippen LogP contribution in [0.2, 0.25) is 0 Å². The number of hydrogen-bond acceptors (Lipinski definition) is 5. The fourth-order valence-electron chi connectivity index (χ4n) is 2.29. The quantitative estimate of drug-likeness (QED) is 0.782. The predicted octanol–water partition coefficient (Wildman–Crippen LogP) is 2.43. The van der Waals surface area contributed by atoms with Gasteiger partial charge < -0.3 is 19.3 Å². The first-order chi connectivity index (χ1) is 12.1. The molecule has 0 saturated heterocycles. The van der Waals surface area contributed by atoms with Crippen molar-refractivity contribution in [3.05, 3.63) is 41.3 Å². The number of benzene rings is 1. The molecule has 25 heavy (non-hydrogen) atoms. The van der Waals surface area contributed by atoms with E-state index in [0.29, 0.717) is 24.3 Å². The zero-order valence-electron chi connectivity index (χ0n) is 14.7. The predicted molar refractivity (Wildman–Crippen MR) is 93.6 cm³/mol. The van der Waals surface area contributed by atoms with Crippen LogP contribution in [-0.2, 0) is 11.2 Å². The maximum Gasteiger partial charge on any atom is 0.221 e. The molecule has 1 heterocycles. The van der Waals surface area contributed by atoms with Gasteiger partial charge in [-0.15, -0.1) is 0 Å². The Kier molecular flexibility index (Phi) is 6.90. The number of carbonyl (C=O) groups excluding carboxylic acids is 1. The van der Waals surface area contributed by atoms with E-state index in [1.807, 2.05) is 38.1 Å². The van der Waals surface area contributed by atoms with Gasteiger partial charge in [0, 0.05) is 12.0 Å². The van der Waals surface area contributed by atoms with Crippen LogP contribution in [0.25, 0.3) is 0 Å². The number of carbonyl (C=O) groups is 1. The number of nitrogens with zero attached hydrogens (tertiary/aromatic N) is 1. The summed E-state index contributed by atoms with van der Waals surface area (Å²) in [7, 11) is 1.59. The largest absolute Gasteiger partial charge is 0.493 e. The number of para-hydroxylation sites is 2. The van der Waals surface area contributed by atoms with E-state index < -0.39 is 0 Å². The van der Waals surface area contributed by atoms with Gasteiger partial charge in [-0.3, -0.25) is 4.79 Å². The molecule has 2 aromatic rings. The van der Waals surface area contributed by atoms with Crippen LogP contribution in [-0.4, -0.2) is 31.3 Å². The van der Waals surface area contributed by atoms with E-state index in [1.54, 1.807) is 7.11 Å². The van der Waals surface area contributed by atoms with Crippen molar-refractivity contribution in [3.63, 3.8) is 0 Å². The SMILES string of the molecule is COc1ccccc1OCC#CCNC(=O)CCc1c(C)noc1C. The smallest absolute Gasteiger partial charge is 0.221 e. The number of nitrogens with one attached hydrogen (secondary N) is 1. The number of amides is 1. The number of ether oxygens (including phenoxy) is 2. The summed E-state index contributed by atoms with van der Waals surface area (Å²) in [5.74, 6) is 7.73. The van der Waals surface area contributed by atoms with E-state index in [2.05, 4.69) is 22.3 Å². The number of methoxy groups -OCH3 is 1. The van der Waals surface area contributed by atoms with Crippen molar-refractivity contribution in [2.75, 3.05) is 20.3 Å². The van der Waals surface area contributed by atoms with E-state index >= 15 is 0 Å². The summed E-state index contributed by atoms with van der Waals surface area (Å²) in [5.41, 5.74) is 1.82. The van der Waals surface area contributed by atoms with Crippen molar-refractivity contribution in [1.29, 1.82) is 0 Å². The van der Waals surface area contributed by atoms with Gasteiger partial charge in [-0.05, 0) is 32.4 Å². The van der Waals surface area contributed by atoms with Crippen molar-refractivity contribution in [3.8, 4) is 23.3 Å². The lowest BCUT2D eigenvalue weighted by atomic mass is 10.1. The van der Waals surface area contributed by atoms with E-state index in [4.69, 9.17) is 14.0 Å². The van der Waals surface area contributed by atoms with Crippen molar-refractivity contribution >= 4 is 5.91 Å². The minimum Gasteiger partial charge on any atom is -0.493 e. The normalized spacial score (nSPS) is 9.88. The minimum atomic E-state index is -0.0556. The molecule has 1 amide bonds. The van der Waals surface area contributed by atoms with Crippen LogP contribution in [0, 0.1) is 25.7 Å². The zero-order chi connectivity index (χ0) is 18.1. The molecule has 1 N–H and O–H groups in total. The molecule has 132 valence electrons. The molecule has 6 heteroatoms. The van der Waals surface area contributed by atoms with Gasteiger partial charge in [0.05, 0.1) is 19.3 Å². The van der Waals surface area contributed by atoms with Crippen LogP contribution in [0.3, 0.4) is 0 Å². The van der Waals surface area contributed by atoms with Gasteiger partial charge in [0.1, 0.15) is 12.4 Å². The molecular formula is C19H22N2O4. The minimum absolute atomic E-state index is 0.0556. The third kappa shape index (κ3) is 5.57. The molecule has 0 fully saturated rings. The second-order valence-electron chi connectivity index (χ2n) is 5.37. The highest BCUT2D eigenvalue weighted by molar-refractivity contribution is 5.76. The molecule has 0 radical (unpaired) electrons. The molecule has 0 bridgehead atoms. The third-order valence-electron chi connectivity index (χ3n) is 3.65. The van der Waals surface area contributed by atoms with E-state index in [9.17, 15) is 4.79 Å². The molecule has 0 atom stereocenters. The van der Waals surface area contributed by atoms with Crippen LogP contribution in [0.15, 0.2) is 28.8 Å². The standard InChI is InChI=1S/C19H22N2O4/c1-14-16(15(2)25-21-14)10-11-19(22)20-12-6-7-13-24-18-9-5-4-8-17(18)23-3/h4-5,8-9H,10-13H2,1-3H3,(H,20,22). The van der Waals surface area contributed by atoms with Crippen molar-refractivity contribution < 1.29 is 18.8 Å². The van der Waals surface area contributed by atoms with Crippen LogP contribution in [0.5, 0.6) is 11.5 Å². The number of rotatable bonds is 7. The zero-order valence-corrected chi connectivity index (χ0v) is 14.7. The molecule has 0 aliphatic carbocycles. The van der Waals surface area contributed by atoms with Crippen LogP contribution < -0.4 is 14.8 Å². The Hall–Kier alpha value is -2.94. The molecule has 6 nitrogen and oxygen atoms in total. The average Bonchev–Trinajstić information content (AvgIpc) is 2.94.